The van der Waals surface area contributed by atoms with Gasteiger partial charge in [-0.05, 0) is 40.4 Å². The van der Waals surface area contributed by atoms with Gasteiger partial charge >= 0.3 is 0 Å². The maximum absolute atomic E-state index is 12.1. The zero-order valence-corrected chi connectivity index (χ0v) is 13.0. The first-order valence-corrected chi connectivity index (χ1v) is 8.79. The summed E-state index contributed by atoms with van der Waals surface area (Å²) >= 11 is 4.86. The van der Waals surface area contributed by atoms with Gasteiger partial charge in [0.05, 0.1) is 0 Å². The number of halogens is 1. The lowest BCUT2D eigenvalue weighted by molar-refractivity contribution is 0.581. The molecule has 6 nitrogen and oxygen atoms in total. The molecule has 0 saturated heterocycles. The normalized spacial score (nSPS) is 11.5. The Balaban J connectivity index is 2.87. The van der Waals surface area contributed by atoms with E-state index in [0.717, 1.165) is 12.2 Å². The van der Waals surface area contributed by atoms with Crippen LogP contribution in [0.5, 0.6) is 0 Å². The third kappa shape index (κ3) is 4.39. The molecule has 0 unspecified atom stereocenters. The number of sulfonamides is 1. The topological polar surface area (TPSA) is 97.1 Å². The van der Waals surface area contributed by atoms with E-state index < -0.39 is 10.0 Å². The van der Waals surface area contributed by atoms with Crippen LogP contribution in [0.1, 0.15) is 6.42 Å². The van der Waals surface area contributed by atoms with Crippen LogP contribution < -0.4 is 16.0 Å². The summed E-state index contributed by atoms with van der Waals surface area (Å²) in [6.45, 7) is 0.389. The van der Waals surface area contributed by atoms with Crippen molar-refractivity contribution >= 4 is 43.5 Å². The van der Waals surface area contributed by atoms with Crippen molar-refractivity contribution in [3.8, 4) is 0 Å². The van der Waals surface area contributed by atoms with E-state index in [-0.39, 0.29) is 10.7 Å². The van der Waals surface area contributed by atoms with E-state index in [0.29, 0.717) is 11.0 Å². The Labute approximate surface area is 119 Å². The fourth-order valence-corrected chi connectivity index (χ4v) is 3.37. The highest BCUT2D eigenvalue weighted by atomic mass is 79.9. The van der Waals surface area contributed by atoms with E-state index in [2.05, 4.69) is 31.1 Å². The number of nitrogen functional groups attached to an aromatic ring is 1. The van der Waals surface area contributed by atoms with E-state index in [4.69, 9.17) is 5.84 Å². The summed E-state index contributed by atoms with van der Waals surface area (Å²) < 4.78 is 27.2. The zero-order valence-electron chi connectivity index (χ0n) is 9.81. The SMILES string of the molecule is CSCCCNS(=O)(=O)c1cc(Br)cnc1NN. The molecule has 0 atom stereocenters. The van der Waals surface area contributed by atoms with Gasteiger partial charge in [0.25, 0.3) is 0 Å². The molecule has 0 fully saturated rings. The van der Waals surface area contributed by atoms with Gasteiger partial charge in [-0.15, -0.1) is 0 Å². The third-order valence-corrected chi connectivity index (χ3v) is 4.67. The summed E-state index contributed by atoms with van der Waals surface area (Å²) in [6.07, 6.45) is 4.22. The van der Waals surface area contributed by atoms with Crippen LogP contribution >= 0.6 is 27.7 Å². The minimum atomic E-state index is -3.60. The van der Waals surface area contributed by atoms with Crippen molar-refractivity contribution in [3.05, 3.63) is 16.7 Å². The Morgan fingerprint density at radius 1 is 1.56 bits per heavy atom. The molecule has 0 aliphatic heterocycles. The average molecular weight is 355 g/mol. The highest BCUT2D eigenvalue weighted by molar-refractivity contribution is 9.10. The van der Waals surface area contributed by atoms with Crippen LogP contribution in [0.4, 0.5) is 5.82 Å². The van der Waals surface area contributed by atoms with Gasteiger partial charge in [0, 0.05) is 17.2 Å². The number of anilines is 1. The van der Waals surface area contributed by atoms with Gasteiger partial charge in [-0.25, -0.2) is 24.0 Å². The second-order valence-electron chi connectivity index (χ2n) is 3.39. The number of aromatic nitrogens is 1. The molecule has 1 rings (SSSR count). The first kappa shape index (κ1) is 15.7. The zero-order chi connectivity index (χ0) is 13.6. The van der Waals surface area contributed by atoms with Gasteiger partial charge in [0.1, 0.15) is 4.90 Å². The van der Waals surface area contributed by atoms with Crippen molar-refractivity contribution in [3.63, 3.8) is 0 Å². The second kappa shape index (κ2) is 7.29. The number of rotatable bonds is 7. The monoisotopic (exact) mass is 354 g/mol. The Bertz CT molecular complexity index is 495. The fraction of sp³-hybridized carbons (Fsp3) is 0.444. The van der Waals surface area contributed by atoms with Crippen molar-refractivity contribution in [2.24, 2.45) is 5.84 Å². The Morgan fingerprint density at radius 2 is 2.28 bits per heavy atom. The number of pyridine rings is 1. The molecule has 0 spiro atoms. The molecule has 0 saturated carbocycles. The number of hydrazine groups is 1. The van der Waals surface area contributed by atoms with E-state index in [1.165, 1.54) is 12.3 Å². The summed E-state index contributed by atoms with van der Waals surface area (Å²) in [5.41, 5.74) is 2.28. The molecule has 0 amide bonds. The molecule has 102 valence electrons. The van der Waals surface area contributed by atoms with Crippen molar-refractivity contribution in [1.82, 2.24) is 9.71 Å². The largest absolute Gasteiger partial charge is 0.307 e. The lowest BCUT2D eigenvalue weighted by atomic mass is 10.5. The number of nitrogens with zero attached hydrogens (tertiary/aromatic N) is 1. The van der Waals surface area contributed by atoms with Gasteiger partial charge in [-0.2, -0.15) is 11.8 Å². The molecule has 1 aromatic rings. The molecule has 0 aliphatic carbocycles. The standard InChI is InChI=1S/C9H15BrN4O2S2/c1-17-4-2-3-13-18(15,16)8-5-7(10)6-12-9(8)14-11/h5-6,13H,2-4,11H2,1H3,(H,12,14). The number of thioether (sulfide) groups is 1. The lowest BCUT2D eigenvalue weighted by Crippen LogP contribution is -2.27. The predicted octanol–water partition coefficient (Wildman–Crippen LogP) is 1.16. The maximum atomic E-state index is 12.1. The molecule has 0 aliphatic rings. The minimum absolute atomic E-state index is 0.0310. The van der Waals surface area contributed by atoms with Crippen molar-refractivity contribution in [2.45, 2.75) is 11.3 Å². The highest BCUT2D eigenvalue weighted by Crippen LogP contribution is 2.21. The smallest absolute Gasteiger partial charge is 0.244 e. The van der Waals surface area contributed by atoms with Crippen LogP contribution in [0.3, 0.4) is 0 Å². The summed E-state index contributed by atoms with van der Waals surface area (Å²) in [4.78, 5) is 3.93. The molecule has 0 bridgehead atoms. The first-order valence-electron chi connectivity index (χ1n) is 5.12. The van der Waals surface area contributed by atoms with Crippen molar-refractivity contribution in [1.29, 1.82) is 0 Å². The van der Waals surface area contributed by atoms with Crippen LogP contribution in [0.25, 0.3) is 0 Å². The maximum Gasteiger partial charge on any atom is 0.244 e. The summed E-state index contributed by atoms with van der Waals surface area (Å²) in [5.74, 6) is 6.28. The van der Waals surface area contributed by atoms with Crippen LogP contribution in [-0.4, -0.2) is 32.0 Å². The minimum Gasteiger partial charge on any atom is -0.307 e. The molecule has 4 N–H and O–H groups in total. The first-order chi connectivity index (χ1) is 8.51. The summed E-state index contributed by atoms with van der Waals surface area (Å²) in [7, 11) is -3.60. The molecule has 0 radical (unpaired) electrons. The van der Waals surface area contributed by atoms with Crippen LogP contribution in [-0.2, 0) is 10.0 Å². The number of nitrogens with two attached hydrogens (primary N) is 1. The van der Waals surface area contributed by atoms with Crippen LogP contribution in [0.15, 0.2) is 21.6 Å². The Hall–Kier alpha value is -0.350. The summed E-state index contributed by atoms with van der Waals surface area (Å²) in [5, 5.41) is 0. The summed E-state index contributed by atoms with van der Waals surface area (Å²) in [6, 6.07) is 1.46. The second-order valence-corrected chi connectivity index (χ2v) is 7.03. The number of hydrogen-bond donors (Lipinski definition) is 3. The molecule has 18 heavy (non-hydrogen) atoms. The van der Waals surface area contributed by atoms with Crippen molar-refractivity contribution in [2.75, 3.05) is 24.0 Å². The number of hydrogen-bond acceptors (Lipinski definition) is 6. The van der Waals surface area contributed by atoms with E-state index >= 15 is 0 Å². The van der Waals surface area contributed by atoms with Gasteiger partial charge in [0.2, 0.25) is 10.0 Å². The molecule has 9 heteroatoms. The van der Waals surface area contributed by atoms with Gasteiger partial charge in [0.15, 0.2) is 5.82 Å². The Morgan fingerprint density at radius 3 is 2.89 bits per heavy atom. The molecular weight excluding hydrogens is 340 g/mol. The van der Waals surface area contributed by atoms with Crippen LogP contribution in [0, 0.1) is 0 Å². The lowest BCUT2D eigenvalue weighted by Gasteiger charge is -2.10. The third-order valence-electron chi connectivity index (χ3n) is 2.06. The van der Waals surface area contributed by atoms with E-state index in [9.17, 15) is 8.42 Å². The van der Waals surface area contributed by atoms with Gasteiger partial charge in [-0.1, -0.05) is 0 Å². The Kier molecular flexibility index (Phi) is 6.36. The van der Waals surface area contributed by atoms with Gasteiger partial charge < -0.3 is 5.43 Å². The molecule has 1 aromatic heterocycles. The number of nitrogens with one attached hydrogen (secondary N) is 2. The predicted molar refractivity (Wildman–Crippen MR) is 77.9 cm³/mol. The van der Waals surface area contributed by atoms with Crippen LogP contribution in [0.2, 0.25) is 0 Å². The average Bonchev–Trinajstić information content (AvgIpc) is 2.35. The van der Waals surface area contributed by atoms with E-state index in [1.54, 1.807) is 11.8 Å². The highest BCUT2D eigenvalue weighted by Gasteiger charge is 2.19. The van der Waals surface area contributed by atoms with Crippen molar-refractivity contribution < 1.29 is 8.42 Å². The molecular formula is C9H15BrN4O2S2. The fourth-order valence-electron chi connectivity index (χ4n) is 1.23. The molecule has 0 aromatic carbocycles. The van der Waals surface area contributed by atoms with Gasteiger partial charge in [-0.3, -0.25) is 0 Å². The van der Waals surface area contributed by atoms with E-state index in [1.807, 2.05) is 6.26 Å². The quantitative estimate of drug-likeness (QED) is 0.386. The molecule has 1 heterocycles.